The normalized spacial score (nSPS) is 16.9. The molecule has 1 aromatic carbocycles. The average Bonchev–Trinajstić information content (AvgIpc) is 2.72. The molecular weight excluding hydrogens is 280 g/mol. The Kier molecular flexibility index (Phi) is 2.94. The number of aryl methyl sites for hydroxylation is 1. The zero-order chi connectivity index (χ0) is 14.5. The van der Waals surface area contributed by atoms with Crippen molar-refractivity contribution in [3.63, 3.8) is 0 Å². The monoisotopic (exact) mass is 294 g/mol. The molecule has 4 nitrogen and oxygen atoms in total. The van der Waals surface area contributed by atoms with Crippen molar-refractivity contribution in [2.45, 2.75) is 31.6 Å². The molecule has 0 amide bonds. The third-order valence-electron chi connectivity index (χ3n) is 4.18. The van der Waals surface area contributed by atoms with Crippen LogP contribution in [0.15, 0.2) is 16.5 Å². The molecule has 1 aromatic heterocycles. The van der Waals surface area contributed by atoms with Crippen molar-refractivity contribution in [1.29, 1.82) is 0 Å². The van der Waals surface area contributed by atoms with Gasteiger partial charge in [-0.1, -0.05) is 18.0 Å². The number of carbonyl (C=O) groups is 1. The van der Waals surface area contributed by atoms with E-state index in [1.165, 1.54) is 0 Å². The fraction of sp³-hybridized carbons (Fsp3) is 0.400. The molecule has 106 valence electrons. The Morgan fingerprint density at radius 1 is 1.45 bits per heavy atom. The summed E-state index contributed by atoms with van der Waals surface area (Å²) in [5.74, 6) is 0.419. The first-order valence-electron chi connectivity index (χ1n) is 6.50. The van der Waals surface area contributed by atoms with Gasteiger partial charge in [0.05, 0.1) is 17.5 Å². The molecular formula is C15H15ClO4. The first-order chi connectivity index (χ1) is 9.49. The lowest BCUT2D eigenvalue weighted by Crippen LogP contribution is -2.42. The molecule has 0 saturated heterocycles. The highest BCUT2D eigenvalue weighted by Gasteiger charge is 2.48. The minimum Gasteiger partial charge on any atom is -0.493 e. The lowest BCUT2D eigenvalue weighted by Gasteiger charge is -2.38. The van der Waals surface area contributed by atoms with Gasteiger partial charge in [-0.15, -0.1) is 0 Å². The number of fused-ring (bicyclic) bond motifs is 1. The lowest BCUT2D eigenvalue weighted by atomic mass is 9.64. The number of hydrogen-bond acceptors (Lipinski definition) is 3. The van der Waals surface area contributed by atoms with Crippen LogP contribution >= 0.6 is 11.6 Å². The van der Waals surface area contributed by atoms with Gasteiger partial charge in [0.2, 0.25) is 0 Å². The van der Waals surface area contributed by atoms with Gasteiger partial charge in [0.25, 0.3) is 0 Å². The van der Waals surface area contributed by atoms with E-state index < -0.39 is 11.4 Å². The number of benzene rings is 1. The fourth-order valence-corrected chi connectivity index (χ4v) is 3.27. The van der Waals surface area contributed by atoms with E-state index in [-0.39, 0.29) is 0 Å². The van der Waals surface area contributed by atoms with Crippen molar-refractivity contribution in [3.8, 4) is 5.75 Å². The van der Waals surface area contributed by atoms with Crippen LogP contribution < -0.4 is 4.74 Å². The van der Waals surface area contributed by atoms with Crippen LogP contribution in [0.3, 0.4) is 0 Å². The average molecular weight is 295 g/mol. The molecule has 1 aliphatic carbocycles. The number of furan rings is 1. The molecule has 1 heterocycles. The maximum atomic E-state index is 11.7. The van der Waals surface area contributed by atoms with E-state index in [1.54, 1.807) is 13.2 Å². The van der Waals surface area contributed by atoms with Gasteiger partial charge in [-0.05, 0) is 37.5 Å². The van der Waals surface area contributed by atoms with Crippen LogP contribution in [0, 0.1) is 6.92 Å². The smallest absolute Gasteiger partial charge is 0.314 e. The maximum Gasteiger partial charge on any atom is 0.314 e. The van der Waals surface area contributed by atoms with Gasteiger partial charge in [0.1, 0.15) is 5.76 Å². The zero-order valence-corrected chi connectivity index (χ0v) is 12.1. The number of carboxylic acid groups (broad SMARTS) is 1. The molecule has 3 rings (SSSR count). The minimum atomic E-state index is -0.885. The summed E-state index contributed by atoms with van der Waals surface area (Å²) in [7, 11) is 1.54. The van der Waals surface area contributed by atoms with Gasteiger partial charge in [-0.3, -0.25) is 4.79 Å². The standard InChI is InChI=1S/C15H15ClO4/c1-8-6-9-12(16)10(7-11(19-2)13(9)20-8)15(14(17)18)4-3-5-15/h6-7H,3-5H2,1-2H3,(H,17,18). The molecule has 0 unspecified atom stereocenters. The largest absolute Gasteiger partial charge is 0.493 e. The molecule has 1 fully saturated rings. The van der Waals surface area contributed by atoms with E-state index in [0.29, 0.717) is 40.1 Å². The van der Waals surface area contributed by atoms with Crippen LogP contribution in [0.25, 0.3) is 11.0 Å². The molecule has 0 bridgehead atoms. The topological polar surface area (TPSA) is 59.7 Å². The Morgan fingerprint density at radius 2 is 2.15 bits per heavy atom. The summed E-state index contributed by atoms with van der Waals surface area (Å²) in [4.78, 5) is 11.7. The zero-order valence-electron chi connectivity index (χ0n) is 11.3. The summed E-state index contributed by atoms with van der Waals surface area (Å²) in [6, 6.07) is 3.53. The van der Waals surface area contributed by atoms with E-state index in [0.717, 1.165) is 12.2 Å². The van der Waals surface area contributed by atoms with Gasteiger partial charge in [0, 0.05) is 5.39 Å². The van der Waals surface area contributed by atoms with Gasteiger partial charge < -0.3 is 14.3 Å². The van der Waals surface area contributed by atoms with Crippen molar-refractivity contribution in [1.82, 2.24) is 0 Å². The minimum absolute atomic E-state index is 0.458. The summed E-state index contributed by atoms with van der Waals surface area (Å²) in [5, 5.41) is 10.8. The van der Waals surface area contributed by atoms with E-state index in [2.05, 4.69) is 0 Å². The maximum absolute atomic E-state index is 11.7. The van der Waals surface area contributed by atoms with Crippen molar-refractivity contribution in [2.24, 2.45) is 0 Å². The van der Waals surface area contributed by atoms with Crippen LogP contribution in [0.4, 0.5) is 0 Å². The van der Waals surface area contributed by atoms with Gasteiger partial charge in [-0.2, -0.15) is 0 Å². The van der Waals surface area contributed by atoms with Crippen LogP contribution in [-0.2, 0) is 10.2 Å². The first kappa shape index (κ1) is 13.3. The molecule has 1 saturated carbocycles. The van der Waals surface area contributed by atoms with Crippen molar-refractivity contribution in [3.05, 3.63) is 28.5 Å². The Balaban J connectivity index is 2.31. The second kappa shape index (κ2) is 4.42. The number of halogens is 1. The molecule has 20 heavy (non-hydrogen) atoms. The molecule has 0 radical (unpaired) electrons. The number of ether oxygens (including phenoxy) is 1. The third-order valence-corrected chi connectivity index (χ3v) is 4.59. The van der Waals surface area contributed by atoms with Crippen LogP contribution in [0.1, 0.15) is 30.6 Å². The molecule has 1 N–H and O–H groups in total. The lowest BCUT2D eigenvalue weighted by molar-refractivity contribution is -0.147. The Morgan fingerprint density at radius 3 is 2.65 bits per heavy atom. The highest BCUT2D eigenvalue weighted by atomic mass is 35.5. The molecule has 0 atom stereocenters. The third kappa shape index (κ3) is 1.64. The molecule has 2 aromatic rings. The number of hydrogen-bond donors (Lipinski definition) is 1. The quantitative estimate of drug-likeness (QED) is 0.932. The van der Waals surface area contributed by atoms with E-state index in [9.17, 15) is 9.90 Å². The number of methoxy groups -OCH3 is 1. The number of carboxylic acids is 1. The molecule has 5 heteroatoms. The van der Waals surface area contributed by atoms with Crippen LogP contribution in [0.2, 0.25) is 5.02 Å². The molecule has 1 aliphatic rings. The summed E-state index contributed by atoms with van der Waals surface area (Å²) < 4.78 is 10.9. The fourth-order valence-electron chi connectivity index (χ4n) is 2.89. The van der Waals surface area contributed by atoms with Crippen molar-refractivity contribution >= 4 is 28.5 Å². The van der Waals surface area contributed by atoms with Crippen molar-refractivity contribution < 1.29 is 19.1 Å². The summed E-state index contributed by atoms with van der Waals surface area (Å²) in [6.45, 7) is 1.83. The predicted octanol–water partition coefficient (Wildman–Crippen LogP) is 3.91. The van der Waals surface area contributed by atoms with Crippen molar-refractivity contribution in [2.75, 3.05) is 7.11 Å². The Bertz CT molecular complexity index is 697. The number of rotatable bonds is 3. The van der Waals surface area contributed by atoms with E-state index in [1.807, 2.05) is 13.0 Å². The highest BCUT2D eigenvalue weighted by molar-refractivity contribution is 6.36. The SMILES string of the molecule is COc1cc(C2(C(=O)O)CCC2)c(Cl)c2cc(C)oc12. The van der Waals surface area contributed by atoms with Gasteiger partial charge >= 0.3 is 5.97 Å². The van der Waals surface area contributed by atoms with Gasteiger partial charge in [0.15, 0.2) is 11.3 Å². The summed E-state index contributed by atoms with van der Waals surface area (Å²) in [6.07, 6.45) is 2.11. The summed E-state index contributed by atoms with van der Waals surface area (Å²) >= 11 is 6.45. The van der Waals surface area contributed by atoms with Crippen LogP contribution in [0.5, 0.6) is 5.75 Å². The Hall–Kier alpha value is -1.68. The first-order valence-corrected chi connectivity index (χ1v) is 6.88. The Labute approximate surface area is 121 Å². The second-order valence-corrected chi connectivity index (χ2v) is 5.66. The second-order valence-electron chi connectivity index (χ2n) is 5.28. The van der Waals surface area contributed by atoms with Gasteiger partial charge in [-0.25, -0.2) is 0 Å². The molecule has 0 aliphatic heterocycles. The highest BCUT2D eigenvalue weighted by Crippen LogP contribution is 2.50. The predicted molar refractivity (Wildman–Crippen MR) is 75.7 cm³/mol. The van der Waals surface area contributed by atoms with Crippen LogP contribution in [-0.4, -0.2) is 18.2 Å². The summed E-state index contributed by atoms with van der Waals surface area (Å²) in [5.41, 5.74) is 0.311. The number of aliphatic carboxylic acids is 1. The van der Waals surface area contributed by atoms with E-state index >= 15 is 0 Å². The van der Waals surface area contributed by atoms with E-state index in [4.69, 9.17) is 20.8 Å². The molecule has 0 spiro atoms.